The molecule has 1 saturated heterocycles. The number of rotatable bonds is 11. The number of allylic oxidation sites excluding steroid dienone is 1. The topological polar surface area (TPSA) is 78.9 Å². The lowest BCUT2D eigenvalue weighted by Crippen LogP contribution is -2.45. The molecule has 6 heteroatoms. The van der Waals surface area contributed by atoms with Gasteiger partial charge in [0.25, 0.3) is 5.91 Å². The third-order valence-corrected chi connectivity index (χ3v) is 6.03. The number of piperidine rings is 1. The Bertz CT molecular complexity index is 927. The largest absolute Gasteiger partial charge is 0.488 e. The first-order valence-corrected chi connectivity index (χ1v) is 11.6. The summed E-state index contributed by atoms with van der Waals surface area (Å²) < 4.78 is 6.09. The van der Waals surface area contributed by atoms with Crippen LogP contribution in [0.4, 0.5) is 0 Å². The predicted molar refractivity (Wildman–Crippen MR) is 127 cm³/mol. The maximum atomic E-state index is 13.1. The van der Waals surface area contributed by atoms with Gasteiger partial charge in [0.05, 0.1) is 5.57 Å². The molecule has 0 atom stereocenters. The molecule has 0 aromatic heterocycles. The minimum absolute atomic E-state index is 0.0848. The minimum atomic E-state index is -0.787. The van der Waals surface area contributed by atoms with Crippen molar-refractivity contribution in [3.05, 3.63) is 54.1 Å². The van der Waals surface area contributed by atoms with Crippen LogP contribution in [-0.2, 0) is 9.59 Å². The number of amides is 1. The number of hydrogen-bond acceptors (Lipinski definition) is 4. The molecule has 1 heterocycles. The van der Waals surface area contributed by atoms with Crippen LogP contribution in [0.2, 0.25) is 0 Å². The summed E-state index contributed by atoms with van der Waals surface area (Å²) in [7, 11) is 0. The van der Waals surface area contributed by atoms with Crippen LogP contribution in [0, 0.1) is 0 Å². The van der Waals surface area contributed by atoms with Gasteiger partial charge in [-0.1, -0.05) is 49.4 Å². The van der Waals surface area contributed by atoms with Gasteiger partial charge in [0.1, 0.15) is 12.4 Å². The Balaban J connectivity index is 1.64. The molecule has 6 nitrogen and oxygen atoms in total. The highest BCUT2D eigenvalue weighted by Crippen LogP contribution is 2.25. The second-order valence-electron chi connectivity index (χ2n) is 8.32. The molecule has 0 radical (unpaired) electrons. The van der Waals surface area contributed by atoms with Crippen LogP contribution >= 0.6 is 0 Å². The molecule has 1 aliphatic heterocycles. The van der Waals surface area contributed by atoms with E-state index in [-0.39, 0.29) is 25.0 Å². The van der Waals surface area contributed by atoms with Gasteiger partial charge < -0.3 is 20.1 Å². The molecule has 0 bridgehead atoms. The predicted octanol–water partition coefficient (Wildman–Crippen LogP) is 4.39. The van der Waals surface area contributed by atoms with Crippen molar-refractivity contribution in [1.29, 1.82) is 0 Å². The van der Waals surface area contributed by atoms with Crippen LogP contribution in [0.5, 0.6) is 5.75 Å². The Morgan fingerprint density at radius 2 is 1.88 bits per heavy atom. The van der Waals surface area contributed by atoms with E-state index in [1.807, 2.05) is 48.5 Å². The lowest BCUT2D eigenvalue weighted by atomic mass is 10.0. The fourth-order valence-corrected chi connectivity index (χ4v) is 4.06. The van der Waals surface area contributed by atoms with E-state index in [9.17, 15) is 9.59 Å². The molecule has 32 heavy (non-hydrogen) atoms. The first-order valence-electron chi connectivity index (χ1n) is 11.6. The van der Waals surface area contributed by atoms with Crippen molar-refractivity contribution in [3.63, 3.8) is 0 Å². The maximum absolute atomic E-state index is 13.1. The van der Waals surface area contributed by atoms with Crippen molar-refractivity contribution >= 4 is 22.6 Å². The van der Waals surface area contributed by atoms with Crippen molar-refractivity contribution in [1.82, 2.24) is 10.2 Å². The Kier molecular flexibility index (Phi) is 9.11. The number of aliphatic carboxylic acids is 1. The number of ether oxygens (including phenoxy) is 1. The van der Waals surface area contributed by atoms with E-state index in [0.717, 1.165) is 55.4 Å². The fraction of sp³-hybridized carbons (Fsp3) is 0.462. The third kappa shape index (κ3) is 7.09. The van der Waals surface area contributed by atoms with Crippen LogP contribution in [0.15, 0.2) is 54.1 Å². The number of carboxylic acids is 1. The Morgan fingerprint density at radius 1 is 1.12 bits per heavy atom. The average molecular weight is 439 g/mol. The molecule has 1 aliphatic rings. The summed E-state index contributed by atoms with van der Waals surface area (Å²) in [6.45, 7) is 5.40. The fourth-order valence-electron chi connectivity index (χ4n) is 4.06. The highest BCUT2D eigenvalue weighted by Gasteiger charge is 2.21. The van der Waals surface area contributed by atoms with Crippen LogP contribution in [0.25, 0.3) is 10.8 Å². The van der Waals surface area contributed by atoms with Gasteiger partial charge in [-0.15, -0.1) is 0 Å². The van der Waals surface area contributed by atoms with Gasteiger partial charge in [-0.25, -0.2) is 0 Å². The lowest BCUT2D eigenvalue weighted by Gasteiger charge is -2.31. The van der Waals surface area contributed by atoms with Crippen LogP contribution < -0.4 is 10.1 Å². The van der Waals surface area contributed by atoms with Gasteiger partial charge >= 0.3 is 5.97 Å². The Hall–Kier alpha value is -2.86. The molecule has 0 aliphatic carbocycles. The number of benzene rings is 2. The normalized spacial score (nSPS) is 15.6. The number of unbranched alkanes of at least 4 members (excludes halogenated alkanes) is 2. The van der Waals surface area contributed by atoms with E-state index in [1.54, 1.807) is 0 Å². The highest BCUT2D eigenvalue weighted by atomic mass is 16.5. The monoisotopic (exact) mass is 438 g/mol. The highest BCUT2D eigenvalue weighted by molar-refractivity contribution is 5.94. The molecule has 0 unspecified atom stereocenters. The molecular weight excluding hydrogens is 404 g/mol. The molecule has 2 aromatic carbocycles. The van der Waals surface area contributed by atoms with Gasteiger partial charge in [-0.2, -0.15) is 0 Å². The van der Waals surface area contributed by atoms with Crippen LogP contribution in [-0.4, -0.2) is 54.2 Å². The average Bonchev–Trinajstić information content (AvgIpc) is 2.81. The summed E-state index contributed by atoms with van der Waals surface area (Å²) in [6, 6.07) is 14.1. The standard InChI is InChI=1S/C26H34N2O4/c1-2-28-17-15-22(16-18-28)27-26(31)21(10-4-3-5-14-25(29)30)19-32-24-13-8-11-20-9-6-7-12-23(20)24/h6-13,22H,2-5,14-19H2,1H3,(H,27,31)(H,29,30)/b21-10+. The zero-order valence-electron chi connectivity index (χ0n) is 18.9. The van der Waals surface area contributed by atoms with Gasteiger partial charge in [-0.05, 0) is 50.1 Å². The van der Waals surface area contributed by atoms with Crippen LogP contribution in [0.1, 0.15) is 45.4 Å². The number of carboxylic acid groups (broad SMARTS) is 1. The third-order valence-electron chi connectivity index (χ3n) is 6.03. The van der Waals surface area contributed by atoms with Crippen molar-refractivity contribution in [3.8, 4) is 5.75 Å². The maximum Gasteiger partial charge on any atom is 0.303 e. The summed E-state index contributed by atoms with van der Waals surface area (Å²) in [5, 5.41) is 14.1. The smallest absolute Gasteiger partial charge is 0.303 e. The molecule has 172 valence electrons. The van der Waals surface area contributed by atoms with E-state index in [0.29, 0.717) is 18.4 Å². The van der Waals surface area contributed by atoms with Crippen molar-refractivity contribution < 1.29 is 19.4 Å². The minimum Gasteiger partial charge on any atom is -0.488 e. The molecule has 1 amide bonds. The molecular formula is C26H34N2O4. The van der Waals surface area contributed by atoms with Crippen LogP contribution in [0.3, 0.4) is 0 Å². The van der Waals surface area contributed by atoms with Crippen molar-refractivity contribution in [2.75, 3.05) is 26.2 Å². The second-order valence-corrected chi connectivity index (χ2v) is 8.32. The summed E-state index contributed by atoms with van der Waals surface area (Å²) in [5.41, 5.74) is 0.603. The molecule has 1 fully saturated rings. The number of fused-ring (bicyclic) bond motifs is 1. The number of nitrogens with zero attached hydrogens (tertiary/aromatic N) is 1. The zero-order valence-corrected chi connectivity index (χ0v) is 18.9. The van der Waals surface area contributed by atoms with Gasteiger partial charge in [0.2, 0.25) is 0 Å². The Morgan fingerprint density at radius 3 is 2.62 bits per heavy atom. The summed E-state index contributed by atoms with van der Waals surface area (Å²) in [5.74, 6) is -0.119. The number of nitrogens with one attached hydrogen (secondary N) is 1. The molecule has 0 saturated carbocycles. The molecule has 0 spiro atoms. The summed E-state index contributed by atoms with van der Waals surface area (Å²) in [4.78, 5) is 26.2. The first-order chi connectivity index (χ1) is 15.6. The van der Waals surface area contributed by atoms with Gasteiger partial charge in [0.15, 0.2) is 0 Å². The number of likely N-dealkylation sites (tertiary alicyclic amines) is 1. The summed E-state index contributed by atoms with van der Waals surface area (Å²) >= 11 is 0. The number of carbonyl (C=O) groups is 2. The molecule has 2 N–H and O–H groups in total. The molecule has 3 rings (SSSR count). The van der Waals surface area contributed by atoms with Gasteiger partial charge in [0, 0.05) is 30.9 Å². The second kappa shape index (κ2) is 12.2. The van der Waals surface area contributed by atoms with E-state index in [1.165, 1.54) is 0 Å². The van der Waals surface area contributed by atoms with E-state index >= 15 is 0 Å². The number of carbonyl (C=O) groups excluding carboxylic acids is 1. The first kappa shape index (κ1) is 23.8. The zero-order chi connectivity index (χ0) is 22.8. The van der Waals surface area contributed by atoms with Gasteiger partial charge in [-0.3, -0.25) is 9.59 Å². The van der Waals surface area contributed by atoms with E-state index in [4.69, 9.17) is 9.84 Å². The van der Waals surface area contributed by atoms with Crippen molar-refractivity contribution in [2.45, 2.75) is 51.5 Å². The number of hydrogen-bond donors (Lipinski definition) is 2. The lowest BCUT2D eigenvalue weighted by molar-refractivity contribution is -0.137. The SMILES string of the molecule is CCN1CCC(NC(=O)/C(=C/CCCCC(=O)O)COc2cccc3ccccc23)CC1. The van der Waals surface area contributed by atoms with Crippen molar-refractivity contribution in [2.24, 2.45) is 0 Å². The Labute approximate surface area is 190 Å². The quantitative estimate of drug-likeness (QED) is 0.402. The van der Waals surface area contributed by atoms with E-state index in [2.05, 4.69) is 17.1 Å². The van der Waals surface area contributed by atoms with E-state index < -0.39 is 5.97 Å². The molecule has 2 aromatic rings. The summed E-state index contributed by atoms with van der Waals surface area (Å²) in [6.07, 6.45) is 5.95.